The van der Waals surface area contributed by atoms with Gasteiger partial charge >= 0.3 is 0 Å². The minimum absolute atomic E-state index is 0.144. The molecule has 10 heteroatoms. The molecule has 7 nitrogen and oxygen atoms in total. The lowest BCUT2D eigenvalue weighted by molar-refractivity contribution is 0.490. The zero-order valence-electron chi connectivity index (χ0n) is 47.5. The van der Waals surface area contributed by atoms with Gasteiger partial charge in [0.2, 0.25) is 0 Å². The van der Waals surface area contributed by atoms with Crippen molar-refractivity contribution in [3.8, 4) is 28.7 Å². The van der Waals surface area contributed by atoms with Crippen molar-refractivity contribution in [1.29, 1.82) is 0 Å². The van der Waals surface area contributed by atoms with Crippen LogP contribution in [0.25, 0.3) is 27.5 Å². The van der Waals surface area contributed by atoms with E-state index in [4.69, 9.17) is 9.47 Å². The van der Waals surface area contributed by atoms with Crippen LogP contribution in [0.4, 0.5) is 68.2 Å². The molecule has 0 fully saturated rings. The van der Waals surface area contributed by atoms with Crippen molar-refractivity contribution in [1.82, 2.24) is 4.57 Å². The molecule has 0 aliphatic carbocycles. The van der Waals surface area contributed by atoms with Gasteiger partial charge in [0.15, 0.2) is 0 Å². The van der Waals surface area contributed by atoms with E-state index in [1.165, 1.54) is 21.7 Å². The highest BCUT2D eigenvalue weighted by Gasteiger charge is 2.54. The molecule has 0 radical (unpaired) electrons. The second kappa shape index (κ2) is 18.1. The summed E-state index contributed by atoms with van der Waals surface area (Å²) in [5.41, 5.74) is 26.6. The van der Waals surface area contributed by atoms with Gasteiger partial charge < -0.3 is 33.6 Å². The van der Waals surface area contributed by atoms with Crippen LogP contribution in [-0.2, 0) is 0 Å². The van der Waals surface area contributed by atoms with Crippen LogP contribution < -0.4 is 78.2 Å². The van der Waals surface area contributed by atoms with E-state index in [1.807, 2.05) is 0 Å². The molecule has 13 aromatic carbocycles. The van der Waals surface area contributed by atoms with Gasteiger partial charge in [0.25, 0.3) is 20.1 Å². The van der Waals surface area contributed by atoms with E-state index in [9.17, 15) is 0 Å². The predicted octanol–water partition coefficient (Wildman–Crippen LogP) is 13.7. The van der Waals surface area contributed by atoms with Crippen molar-refractivity contribution in [3.05, 3.63) is 291 Å². The van der Waals surface area contributed by atoms with Crippen molar-refractivity contribution < 1.29 is 9.47 Å². The number of para-hydroxylation sites is 10. The fourth-order valence-electron chi connectivity index (χ4n) is 16.0. The summed E-state index contributed by atoms with van der Waals surface area (Å²) in [6.45, 7) is -0.729. The Morgan fingerprint density at radius 3 is 0.943 bits per heavy atom. The first kappa shape index (κ1) is 48.0. The SMILES string of the molecule is c1ccc(N2c3ccccc3B3c4ccccc4Oc4c3c2cc2c4B3c4c(cc(-n5c6ccccc6c6ccccc65)cc4N(c4ccccc4)c4cc5c6c(c43)Oc3ccccc3B6c3ccccc3N5c3ccccc3)N2c2ccccc2)cc1. The van der Waals surface area contributed by atoms with E-state index in [0.717, 1.165) is 146 Å². The Balaban J connectivity index is 0.992. The number of benzene rings is 13. The lowest BCUT2D eigenvalue weighted by Crippen LogP contribution is -2.67. The maximum absolute atomic E-state index is 7.90. The predicted molar refractivity (Wildman–Crippen MR) is 367 cm³/mol. The van der Waals surface area contributed by atoms with Gasteiger partial charge in [-0.05, 0) is 158 Å². The zero-order chi connectivity index (χ0) is 57.3. The number of aromatic nitrogens is 1. The Kier molecular flexibility index (Phi) is 9.86. The zero-order valence-corrected chi connectivity index (χ0v) is 47.5. The molecule has 0 spiro atoms. The van der Waals surface area contributed by atoms with Gasteiger partial charge in [-0.2, -0.15) is 0 Å². The molecule has 20 rings (SSSR count). The Hall–Kier alpha value is -11.3. The van der Waals surface area contributed by atoms with Crippen LogP contribution in [0.1, 0.15) is 0 Å². The highest BCUT2D eigenvalue weighted by atomic mass is 16.5. The van der Waals surface area contributed by atoms with Crippen molar-refractivity contribution in [2.75, 3.05) is 19.6 Å². The fourth-order valence-corrected chi connectivity index (χ4v) is 16.0. The molecule has 0 N–H and O–H groups in total. The van der Waals surface area contributed by atoms with Crippen LogP contribution in [0, 0.1) is 0 Å². The first-order valence-electron chi connectivity index (χ1n) is 30.4. The second-order valence-corrected chi connectivity index (χ2v) is 23.8. The van der Waals surface area contributed by atoms with E-state index >= 15 is 0 Å². The van der Waals surface area contributed by atoms with Gasteiger partial charge in [-0.25, -0.2) is 0 Å². The maximum Gasteiger partial charge on any atom is 0.261 e. The smallest absolute Gasteiger partial charge is 0.261 e. The molecule has 6 aliphatic heterocycles. The Bertz CT molecular complexity index is 4970. The van der Waals surface area contributed by atoms with Crippen LogP contribution in [0.2, 0.25) is 0 Å². The molecule has 7 heterocycles. The first-order valence-corrected chi connectivity index (χ1v) is 30.4. The van der Waals surface area contributed by atoms with Gasteiger partial charge in [-0.1, -0.05) is 182 Å². The third kappa shape index (κ3) is 6.45. The lowest BCUT2D eigenvalue weighted by atomic mass is 9.28. The Labute approximate surface area is 510 Å². The van der Waals surface area contributed by atoms with E-state index < -0.39 is 6.71 Å². The number of ether oxygens (including phenoxy) is 2. The average molecular weight is 1120 g/mol. The normalized spacial score (nSPS) is 13.9. The summed E-state index contributed by atoms with van der Waals surface area (Å²) in [7, 11) is 0. The Morgan fingerprint density at radius 1 is 0.227 bits per heavy atom. The first-order chi connectivity index (χ1) is 43.7. The topological polar surface area (TPSA) is 36.4 Å². The van der Waals surface area contributed by atoms with Crippen LogP contribution in [0.5, 0.6) is 23.0 Å². The maximum atomic E-state index is 7.90. The van der Waals surface area contributed by atoms with Crippen molar-refractivity contribution in [2.24, 2.45) is 0 Å². The summed E-state index contributed by atoms with van der Waals surface area (Å²) in [6.07, 6.45) is 0. The third-order valence-electron chi connectivity index (χ3n) is 19.4. The van der Waals surface area contributed by atoms with E-state index in [-0.39, 0.29) is 13.4 Å². The minimum atomic E-state index is -0.441. The largest absolute Gasteiger partial charge is 0.459 e. The Morgan fingerprint density at radius 2 is 0.534 bits per heavy atom. The highest BCUT2D eigenvalue weighted by molar-refractivity contribution is 7.05. The van der Waals surface area contributed by atoms with Gasteiger partial charge in [0, 0.05) is 79.0 Å². The van der Waals surface area contributed by atoms with E-state index in [0.29, 0.717) is 0 Å². The molecule has 0 unspecified atom stereocenters. The highest BCUT2D eigenvalue weighted by Crippen LogP contribution is 2.53. The van der Waals surface area contributed by atoms with Crippen molar-refractivity contribution in [3.63, 3.8) is 0 Å². The quantitative estimate of drug-likeness (QED) is 0.160. The summed E-state index contributed by atoms with van der Waals surface area (Å²) < 4.78 is 18.3. The number of rotatable bonds is 5. The molecule has 0 atom stereocenters. The van der Waals surface area contributed by atoms with Crippen LogP contribution in [0.3, 0.4) is 0 Å². The molecular weight excluding hydrogens is 1070 g/mol. The number of nitrogens with zero attached hydrogens (tertiary/aromatic N) is 5. The summed E-state index contributed by atoms with van der Waals surface area (Å²) >= 11 is 0. The standard InChI is InChI=1S/C78H48B3N5O2/c1-5-25-49(26-6-1)82-62-41-21-15-35-56(62)79-58-37-17-23-43-70(58)87-77-73(79)66(82)47-68-75(77)81-72-64(84(68)51-29-9-3-10-30-51)45-53(86-60-39-19-13-33-54(60)55-34-14-20-40-61(55)86)46-65(72)85(52-31-11-4-12-32-52)69-48-67-74-78(76(69)81)88-71-44-24-18-38-59(71)80(74)57-36-16-22-42-63(57)83(67)50-27-7-2-8-28-50/h1-48H. The van der Waals surface area contributed by atoms with Crippen LogP contribution >= 0.6 is 0 Å². The molecule has 1 aromatic heterocycles. The van der Waals surface area contributed by atoms with Gasteiger partial charge in [0.05, 0.1) is 16.7 Å². The third-order valence-corrected chi connectivity index (χ3v) is 19.4. The van der Waals surface area contributed by atoms with E-state index in [1.54, 1.807) is 0 Å². The molecule has 88 heavy (non-hydrogen) atoms. The minimum Gasteiger partial charge on any atom is -0.459 e. The molecule has 0 saturated carbocycles. The molecule has 406 valence electrons. The number of hydrogen-bond donors (Lipinski definition) is 0. The molecule has 0 bridgehead atoms. The summed E-state index contributed by atoms with van der Waals surface area (Å²) in [4.78, 5) is 10.1. The molecular formula is C78H48B3N5O2. The molecule has 0 saturated heterocycles. The summed E-state index contributed by atoms with van der Waals surface area (Å²) in [5, 5.41) is 2.41. The fraction of sp³-hybridized carbons (Fsp3) is 0. The number of hydrogen-bond acceptors (Lipinski definition) is 6. The van der Waals surface area contributed by atoms with Crippen LogP contribution in [0.15, 0.2) is 291 Å². The molecule has 14 aromatic rings. The summed E-state index contributed by atoms with van der Waals surface area (Å²) in [5.74, 6) is 3.45. The van der Waals surface area contributed by atoms with Gasteiger partial charge in [-0.3, -0.25) is 0 Å². The molecule has 6 aliphatic rings. The van der Waals surface area contributed by atoms with Crippen molar-refractivity contribution >= 4 is 159 Å². The number of fused-ring (bicyclic) bond motifs is 17. The summed E-state index contributed by atoms with van der Waals surface area (Å²) in [6, 6.07) is 107. The van der Waals surface area contributed by atoms with Crippen LogP contribution in [-0.4, -0.2) is 24.7 Å². The van der Waals surface area contributed by atoms with Crippen molar-refractivity contribution in [2.45, 2.75) is 0 Å². The molecule has 0 amide bonds. The average Bonchev–Trinajstić information content (AvgIpc) is 0.785. The van der Waals surface area contributed by atoms with E-state index in [2.05, 4.69) is 315 Å². The lowest BCUT2D eigenvalue weighted by Gasteiger charge is -2.49. The second-order valence-electron chi connectivity index (χ2n) is 23.8. The van der Waals surface area contributed by atoms with Gasteiger partial charge in [0.1, 0.15) is 23.0 Å². The van der Waals surface area contributed by atoms with Gasteiger partial charge in [-0.15, -0.1) is 0 Å². The monoisotopic (exact) mass is 1120 g/mol. The number of anilines is 12.